The summed E-state index contributed by atoms with van der Waals surface area (Å²) in [7, 11) is 0. The van der Waals surface area contributed by atoms with Crippen molar-refractivity contribution in [2.75, 3.05) is 0 Å². The highest BCUT2D eigenvalue weighted by Crippen LogP contribution is 2.40. The van der Waals surface area contributed by atoms with Crippen LogP contribution in [0.2, 0.25) is 0 Å². The van der Waals surface area contributed by atoms with Gasteiger partial charge in [0.15, 0.2) is 0 Å². The van der Waals surface area contributed by atoms with Crippen LogP contribution in [0.1, 0.15) is 82.1 Å². The Labute approximate surface area is 133 Å². The SMILES string of the molecule is C=CC(=O)N(C(C)(C)CC(C)(C)C)C(C)(C)CC(C)(C)C. The molecule has 0 saturated carbocycles. The summed E-state index contributed by atoms with van der Waals surface area (Å²) in [6, 6.07) is 0. The van der Waals surface area contributed by atoms with Gasteiger partial charge < -0.3 is 4.90 Å². The number of amides is 1. The monoisotopic (exact) mass is 295 g/mol. The van der Waals surface area contributed by atoms with Gasteiger partial charge in [-0.15, -0.1) is 0 Å². The van der Waals surface area contributed by atoms with Crippen molar-refractivity contribution in [3.8, 4) is 0 Å². The van der Waals surface area contributed by atoms with Gasteiger partial charge in [-0.3, -0.25) is 4.79 Å². The summed E-state index contributed by atoms with van der Waals surface area (Å²) in [5.74, 6) is 0.0264. The zero-order valence-electron chi connectivity index (χ0n) is 16.1. The van der Waals surface area contributed by atoms with E-state index in [9.17, 15) is 4.79 Å². The number of carbonyl (C=O) groups is 1. The van der Waals surface area contributed by atoms with Crippen LogP contribution in [0.4, 0.5) is 0 Å². The molecule has 0 aromatic rings. The molecular formula is C19H37NO. The van der Waals surface area contributed by atoms with Crippen molar-refractivity contribution in [3.63, 3.8) is 0 Å². The first-order valence-electron chi connectivity index (χ1n) is 7.99. The molecule has 0 heterocycles. The normalized spacial score (nSPS) is 14.0. The smallest absolute Gasteiger partial charge is 0.246 e. The molecule has 0 spiro atoms. The van der Waals surface area contributed by atoms with Gasteiger partial charge in [-0.2, -0.15) is 0 Å². The molecule has 0 N–H and O–H groups in total. The maximum Gasteiger partial charge on any atom is 0.246 e. The van der Waals surface area contributed by atoms with E-state index in [1.54, 1.807) is 0 Å². The van der Waals surface area contributed by atoms with Crippen LogP contribution in [0.25, 0.3) is 0 Å². The molecule has 2 heteroatoms. The average molecular weight is 296 g/mol. The molecule has 0 bridgehead atoms. The molecule has 0 aromatic heterocycles. The molecule has 0 radical (unpaired) electrons. The van der Waals surface area contributed by atoms with E-state index in [1.807, 2.05) is 4.90 Å². The van der Waals surface area contributed by atoms with Crippen LogP contribution < -0.4 is 0 Å². The van der Waals surface area contributed by atoms with Gasteiger partial charge in [-0.25, -0.2) is 0 Å². The van der Waals surface area contributed by atoms with Crippen molar-refractivity contribution in [1.29, 1.82) is 0 Å². The summed E-state index contributed by atoms with van der Waals surface area (Å²) in [6.07, 6.45) is 3.36. The van der Waals surface area contributed by atoms with Gasteiger partial charge in [-0.1, -0.05) is 48.1 Å². The van der Waals surface area contributed by atoms with E-state index in [0.717, 1.165) is 12.8 Å². The van der Waals surface area contributed by atoms with Crippen LogP contribution in [0.15, 0.2) is 12.7 Å². The molecule has 0 rings (SSSR count). The van der Waals surface area contributed by atoms with Gasteiger partial charge in [0, 0.05) is 11.1 Å². The fourth-order valence-corrected chi connectivity index (χ4v) is 4.26. The molecule has 0 saturated heterocycles. The fourth-order valence-electron chi connectivity index (χ4n) is 4.26. The molecule has 0 fully saturated rings. The maximum atomic E-state index is 12.6. The lowest BCUT2D eigenvalue weighted by molar-refractivity contribution is -0.142. The minimum absolute atomic E-state index is 0.0264. The second-order valence-electron chi connectivity index (χ2n) is 9.98. The third kappa shape index (κ3) is 6.67. The van der Waals surface area contributed by atoms with E-state index < -0.39 is 0 Å². The van der Waals surface area contributed by atoms with Crippen molar-refractivity contribution in [1.82, 2.24) is 4.90 Å². The summed E-state index contributed by atoms with van der Waals surface area (Å²) in [4.78, 5) is 14.6. The largest absolute Gasteiger partial charge is 0.329 e. The van der Waals surface area contributed by atoms with E-state index in [2.05, 4.69) is 75.8 Å². The molecular weight excluding hydrogens is 258 g/mol. The number of carbonyl (C=O) groups excluding carboxylic acids is 1. The lowest BCUT2D eigenvalue weighted by Gasteiger charge is -2.52. The van der Waals surface area contributed by atoms with E-state index in [-0.39, 0.29) is 27.8 Å². The maximum absolute atomic E-state index is 12.6. The second kappa shape index (κ2) is 6.14. The van der Waals surface area contributed by atoms with Gasteiger partial charge in [0.1, 0.15) is 0 Å². The second-order valence-corrected chi connectivity index (χ2v) is 9.98. The first-order chi connectivity index (χ1) is 9.02. The van der Waals surface area contributed by atoms with Gasteiger partial charge in [0.2, 0.25) is 5.91 Å². The molecule has 0 aromatic carbocycles. The Bertz CT molecular complexity index is 349. The molecule has 0 aliphatic rings. The number of hydrogen-bond donors (Lipinski definition) is 0. The highest BCUT2D eigenvalue weighted by molar-refractivity contribution is 5.88. The molecule has 21 heavy (non-hydrogen) atoms. The number of hydrogen-bond acceptors (Lipinski definition) is 1. The van der Waals surface area contributed by atoms with E-state index >= 15 is 0 Å². The third-order valence-corrected chi connectivity index (χ3v) is 3.53. The highest BCUT2D eigenvalue weighted by atomic mass is 16.2. The quantitative estimate of drug-likeness (QED) is 0.619. The molecule has 0 atom stereocenters. The molecule has 0 aliphatic heterocycles. The van der Waals surface area contributed by atoms with E-state index in [1.165, 1.54) is 6.08 Å². The zero-order chi connectivity index (χ0) is 17.3. The van der Waals surface area contributed by atoms with Crippen LogP contribution >= 0.6 is 0 Å². The average Bonchev–Trinajstić information content (AvgIpc) is 2.07. The Morgan fingerprint density at radius 3 is 1.29 bits per heavy atom. The summed E-state index contributed by atoms with van der Waals surface area (Å²) in [5.41, 5.74) is -0.0848. The Morgan fingerprint density at radius 1 is 0.810 bits per heavy atom. The van der Waals surface area contributed by atoms with Gasteiger partial charge in [-0.05, 0) is 57.4 Å². The first kappa shape index (κ1) is 20.2. The summed E-state index contributed by atoms with van der Waals surface area (Å²) < 4.78 is 0. The van der Waals surface area contributed by atoms with Crippen molar-refractivity contribution in [2.45, 2.75) is 93.2 Å². The van der Waals surface area contributed by atoms with Crippen LogP contribution in [0.5, 0.6) is 0 Å². The minimum atomic E-state index is -0.210. The molecule has 1 amide bonds. The van der Waals surface area contributed by atoms with Crippen LogP contribution in [0, 0.1) is 10.8 Å². The zero-order valence-corrected chi connectivity index (χ0v) is 16.1. The highest BCUT2D eigenvalue weighted by Gasteiger charge is 2.43. The van der Waals surface area contributed by atoms with Crippen LogP contribution in [-0.4, -0.2) is 21.9 Å². The van der Waals surface area contributed by atoms with Gasteiger partial charge in [0.25, 0.3) is 0 Å². The lowest BCUT2D eigenvalue weighted by atomic mass is 9.75. The predicted octanol–water partition coefficient (Wildman–Crippen LogP) is 5.43. The molecule has 124 valence electrons. The Hall–Kier alpha value is -0.790. The van der Waals surface area contributed by atoms with Crippen molar-refractivity contribution in [3.05, 3.63) is 12.7 Å². The predicted molar refractivity (Wildman–Crippen MR) is 93.3 cm³/mol. The minimum Gasteiger partial charge on any atom is -0.329 e. The Kier molecular flexibility index (Phi) is 5.91. The van der Waals surface area contributed by atoms with Crippen LogP contribution in [0.3, 0.4) is 0 Å². The Balaban J connectivity index is 5.68. The number of rotatable bonds is 5. The van der Waals surface area contributed by atoms with E-state index in [0.29, 0.717) is 0 Å². The third-order valence-electron chi connectivity index (χ3n) is 3.53. The standard InChI is InChI=1S/C19H37NO/c1-12-15(21)20(18(8,9)13-16(2,3)4)19(10,11)14-17(5,6)7/h12H,1,13-14H2,2-11H3. The van der Waals surface area contributed by atoms with Crippen molar-refractivity contribution >= 4 is 5.91 Å². The van der Waals surface area contributed by atoms with Crippen molar-refractivity contribution in [2.24, 2.45) is 10.8 Å². The topological polar surface area (TPSA) is 20.3 Å². The van der Waals surface area contributed by atoms with Gasteiger partial charge >= 0.3 is 0 Å². The summed E-state index contributed by atoms with van der Waals surface area (Å²) >= 11 is 0. The molecule has 0 aliphatic carbocycles. The van der Waals surface area contributed by atoms with Crippen LogP contribution in [-0.2, 0) is 4.79 Å². The summed E-state index contributed by atoms with van der Waals surface area (Å²) in [5, 5.41) is 0. The molecule has 0 unspecified atom stereocenters. The summed E-state index contributed by atoms with van der Waals surface area (Å²) in [6.45, 7) is 25.7. The molecule has 2 nitrogen and oxygen atoms in total. The fraction of sp³-hybridized carbons (Fsp3) is 0.842. The number of nitrogens with zero attached hydrogens (tertiary/aromatic N) is 1. The van der Waals surface area contributed by atoms with Gasteiger partial charge in [0.05, 0.1) is 0 Å². The lowest BCUT2D eigenvalue weighted by Crippen LogP contribution is -2.59. The van der Waals surface area contributed by atoms with E-state index in [4.69, 9.17) is 0 Å². The van der Waals surface area contributed by atoms with Crippen molar-refractivity contribution < 1.29 is 4.79 Å². The Morgan fingerprint density at radius 2 is 1.10 bits per heavy atom. The first-order valence-corrected chi connectivity index (χ1v) is 7.99.